The number of primary amides is 1. The number of benzene rings is 2. The van der Waals surface area contributed by atoms with Crippen molar-refractivity contribution in [1.29, 1.82) is 0 Å². The lowest BCUT2D eigenvalue weighted by Gasteiger charge is -2.09. The number of aryl methyl sites for hydroxylation is 1. The third kappa shape index (κ3) is 3.80. The van der Waals surface area contributed by atoms with Crippen LogP contribution >= 0.6 is 0 Å². The first-order valence-electron chi connectivity index (χ1n) is 7.98. The van der Waals surface area contributed by atoms with E-state index in [0.29, 0.717) is 17.0 Å². The molecular formula is C19H19N3O3. The number of rotatable bonds is 6. The second-order valence-electron chi connectivity index (χ2n) is 5.61. The fraction of sp³-hybridized carbons (Fsp3) is 0.158. The third-order valence-corrected chi connectivity index (χ3v) is 3.85. The molecule has 2 amide bonds. The first-order chi connectivity index (χ1) is 12.1. The maximum absolute atomic E-state index is 12.5. The van der Waals surface area contributed by atoms with Gasteiger partial charge in [0.05, 0.1) is 5.52 Å². The van der Waals surface area contributed by atoms with Gasteiger partial charge >= 0.3 is 0 Å². The molecule has 0 saturated heterocycles. The summed E-state index contributed by atoms with van der Waals surface area (Å²) in [5.74, 6) is -0.401. The van der Waals surface area contributed by atoms with E-state index in [4.69, 9.17) is 10.5 Å². The molecule has 1 aromatic heterocycles. The molecular weight excluding hydrogens is 318 g/mol. The molecule has 0 unspecified atom stereocenters. The highest BCUT2D eigenvalue weighted by Gasteiger charge is 2.09. The van der Waals surface area contributed by atoms with Gasteiger partial charge in [0.15, 0.2) is 6.61 Å². The third-order valence-electron chi connectivity index (χ3n) is 3.85. The molecule has 0 fully saturated rings. The van der Waals surface area contributed by atoms with E-state index in [2.05, 4.69) is 16.8 Å². The van der Waals surface area contributed by atoms with Gasteiger partial charge < -0.3 is 20.4 Å². The molecule has 0 aliphatic rings. The molecule has 0 spiro atoms. The van der Waals surface area contributed by atoms with Crippen LogP contribution in [0.5, 0.6) is 5.75 Å². The van der Waals surface area contributed by atoms with E-state index in [1.807, 2.05) is 30.5 Å². The van der Waals surface area contributed by atoms with Gasteiger partial charge in [-0.1, -0.05) is 12.1 Å². The lowest BCUT2D eigenvalue weighted by molar-refractivity contribution is -0.119. The highest BCUT2D eigenvalue weighted by molar-refractivity contribution is 6.05. The Kier molecular flexibility index (Phi) is 4.70. The van der Waals surface area contributed by atoms with Gasteiger partial charge in [-0.2, -0.15) is 0 Å². The molecule has 0 aliphatic carbocycles. The van der Waals surface area contributed by atoms with Gasteiger partial charge in [0.1, 0.15) is 5.75 Å². The van der Waals surface area contributed by atoms with Crippen molar-refractivity contribution in [2.75, 3.05) is 11.9 Å². The molecule has 0 saturated carbocycles. The first kappa shape index (κ1) is 16.6. The van der Waals surface area contributed by atoms with Gasteiger partial charge in [-0.05, 0) is 48.7 Å². The topological polar surface area (TPSA) is 86.3 Å². The van der Waals surface area contributed by atoms with E-state index in [1.165, 1.54) is 0 Å². The van der Waals surface area contributed by atoms with Gasteiger partial charge in [-0.15, -0.1) is 0 Å². The van der Waals surface area contributed by atoms with Crippen molar-refractivity contribution in [2.24, 2.45) is 5.73 Å². The normalized spacial score (nSPS) is 10.6. The fourth-order valence-electron chi connectivity index (χ4n) is 2.62. The number of nitrogens with two attached hydrogens (primary N) is 1. The van der Waals surface area contributed by atoms with E-state index in [0.717, 1.165) is 17.4 Å². The minimum absolute atomic E-state index is 0.226. The van der Waals surface area contributed by atoms with Crippen molar-refractivity contribution in [3.63, 3.8) is 0 Å². The minimum atomic E-state index is -0.568. The first-order valence-corrected chi connectivity index (χ1v) is 7.98. The van der Waals surface area contributed by atoms with Crippen LogP contribution in [0.2, 0.25) is 0 Å². The molecule has 3 aromatic rings. The number of nitrogens with one attached hydrogen (secondary N) is 1. The van der Waals surface area contributed by atoms with Crippen molar-refractivity contribution in [1.82, 2.24) is 4.57 Å². The molecule has 0 atom stereocenters. The Bertz CT molecular complexity index is 931. The Balaban J connectivity index is 1.77. The number of nitrogens with zero attached hydrogens (tertiary/aromatic N) is 1. The second kappa shape index (κ2) is 7.09. The molecule has 6 nitrogen and oxygen atoms in total. The van der Waals surface area contributed by atoms with Crippen LogP contribution in [0.15, 0.2) is 54.7 Å². The monoisotopic (exact) mass is 337 g/mol. The van der Waals surface area contributed by atoms with E-state index < -0.39 is 5.91 Å². The zero-order valence-electron chi connectivity index (χ0n) is 13.9. The lowest BCUT2D eigenvalue weighted by atomic mass is 10.2. The van der Waals surface area contributed by atoms with E-state index >= 15 is 0 Å². The lowest BCUT2D eigenvalue weighted by Crippen LogP contribution is -2.20. The summed E-state index contributed by atoms with van der Waals surface area (Å²) in [7, 11) is 0. The summed E-state index contributed by atoms with van der Waals surface area (Å²) in [4.78, 5) is 23.3. The summed E-state index contributed by atoms with van der Waals surface area (Å²) in [5.41, 5.74) is 7.28. The van der Waals surface area contributed by atoms with Gasteiger partial charge in [0.25, 0.3) is 11.8 Å². The van der Waals surface area contributed by atoms with Crippen LogP contribution in [-0.2, 0) is 11.3 Å². The SMILES string of the molecule is CCn1ccc2ccc(NC(=O)c3cccc(OCC(N)=O)c3)cc21. The van der Waals surface area contributed by atoms with Crippen LogP contribution in [0.4, 0.5) is 5.69 Å². The Hall–Kier alpha value is -3.28. The maximum Gasteiger partial charge on any atom is 0.255 e. The maximum atomic E-state index is 12.5. The number of ether oxygens (including phenoxy) is 1. The molecule has 128 valence electrons. The summed E-state index contributed by atoms with van der Waals surface area (Å²) >= 11 is 0. The summed E-state index contributed by atoms with van der Waals surface area (Å²) in [6.07, 6.45) is 2.02. The number of hydrogen-bond donors (Lipinski definition) is 2. The van der Waals surface area contributed by atoms with Crippen LogP contribution in [-0.4, -0.2) is 23.0 Å². The van der Waals surface area contributed by atoms with E-state index in [9.17, 15) is 9.59 Å². The number of fused-ring (bicyclic) bond motifs is 1. The van der Waals surface area contributed by atoms with Gasteiger partial charge in [0, 0.05) is 24.0 Å². The van der Waals surface area contributed by atoms with Crippen molar-refractivity contribution in [2.45, 2.75) is 13.5 Å². The molecule has 0 bridgehead atoms. The average Bonchev–Trinajstić information content (AvgIpc) is 3.02. The molecule has 3 rings (SSSR count). The Morgan fingerprint density at radius 3 is 2.76 bits per heavy atom. The quantitative estimate of drug-likeness (QED) is 0.725. The van der Waals surface area contributed by atoms with Crippen LogP contribution < -0.4 is 15.8 Å². The molecule has 6 heteroatoms. The molecule has 0 aliphatic heterocycles. The predicted molar refractivity (Wildman–Crippen MR) is 96.7 cm³/mol. The summed E-state index contributed by atoms with van der Waals surface area (Å²) in [5, 5.41) is 4.01. The Morgan fingerprint density at radius 2 is 2.00 bits per heavy atom. The highest BCUT2D eigenvalue weighted by atomic mass is 16.5. The van der Waals surface area contributed by atoms with Crippen LogP contribution in [0.1, 0.15) is 17.3 Å². The zero-order valence-corrected chi connectivity index (χ0v) is 13.9. The van der Waals surface area contributed by atoms with Gasteiger partial charge in [0.2, 0.25) is 0 Å². The number of amides is 2. The number of carbonyl (C=O) groups is 2. The molecule has 2 aromatic carbocycles. The predicted octanol–water partition coefficient (Wildman–Crippen LogP) is 2.78. The standard InChI is InChI=1S/C19H19N3O3/c1-2-22-9-8-13-6-7-15(11-17(13)22)21-19(24)14-4-3-5-16(10-14)25-12-18(20)23/h3-11H,2,12H2,1H3,(H2,20,23)(H,21,24). The number of aromatic nitrogens is 1. The van der Waals surface area contributed by atoms with Crippen LogP contribution in [0.25, 0.3) is 10.9 Å². The number of hydrogen-bond acceptors (Lipinski definition) is 3. The largest absolute Gasteiger partial charge is 0.484 e. The van der Waals surface area contributed by atoms with E-state index in [1.54, 1.807) is 24.3 Å². The van der Waals surface area contributed by atoms with Crippen molar-refractivity contribution >= 4 is 28.4 Å². The minimum Gasteiger partial charge on any atom is -0.484 e. The van der Waals surface area contributed by atoms with Crippen molar-refractivity contribution in [3.8, 4) is 5.75 Å². The fourth-order valence-corrected chi connectivity index (χ4v) is 2.62. The van der Waals surface area contributed by atoms with Crippen LogP contribution in [0, 0.1) is 0 Å². The second-order valence-corrected chi connectivity index (χ2v) is 5.61. The summed E-state index contributed by atoms with van der Waals surface area (Å²) < 4.78 is 7.34. The van der Waals surface area contributed by atoms with Crippen molar-refractivity contribution in [3.05, 3.63) is 60.3 Å². The van der Waals surface area contributed by atoms with Crippen molar-refractivity contribution < 1.29 is 14.3 Å². The van der Waals surface area contributed by atoms with E-state index in [-0.39, 0.29) is 12.5 Å². The van der Waals surface area contributed by atoms with Gasteiger partial charge in [-0.3, -0.25) is 9.59 Å². The Labute approximate surface area is 145 Å². The summed E-state index contributed by atoms with van der Waals surface area (Å²) in [6, 6.07) is 14.5. The molecule has 1 heterocycles. The average molecular weight is 337 g/mol. The highest BCUT2D eigenvalue weighted by Crippen LogP contribution is 2.21. The van der Waals surface area contributed by atoms with Gasteiger partial charge in [-0.25, -0.2) is 0 Å². The zero-order chi connectivity index (χ0) is 17.8. The molecule has 3 N–H and O–H groups in total. The Morgan fingerprint density at radius 1 is 1.16 bits per heavy atom. The summed E-state index contributed by atoms with van der Waals surface area (Å²) in [6.45, 7) is 2.71. The number of anilines is 1. The number of carbonyl (C=O) groups excluding carboxylic acids is 2. The van der Waals surface area contributed by atoms with Crippen LogP contribution in [0.3, 0.4) is 0 Å². The smallest absolute Gasteiger partial charge is 0.255 e. The molecule has 0 radical (unpaired) electrons. The molecule has 25 heavy (non-hydrogen) atoms.